The SMILES string of the molecule is CCc1ccccc1-n1c(SCC(=O)NOCc2ccccc2)nc2ccccc2c1=O. The number of thioether (sulfide) groups is 1. The molecule has 0 aliphatic carbocycles. The predicted octanol–water partition coefficient (Wildman–Crippen LogP) is 4.29. The molecular weight excluding hydrogens is 422 g/mol. The van der Waals surface area contributed by atoms with E-state index in [1.807, 2.05) is 73.7 Å². The van der Waals surface area contributed by atoms with Crippen LogP contribution in [-0.2, 0) is 22.7 Å². The summed E-state index contributed by atoms with van der Waals surface area (Å²) < 4.78 is 1.60. The van der Waals surface area contributed by atoms with E-state index in [1.165, 1.54) is 11.8 Å². The molecule has 0 fully saturated rings. The van der Waals surface area contributed by atoms with Gasteiger partial charge < -0.3 is 0 Å². The Kier molecular flexibility index (Phi) is 6.99. The number of fused-ring (bicyclic) bond motifs is 1. The third kappa shape index (κ3) is 4.90. The molecule has 0 spiro atoms. The third-order valence-electron chi connectivity index (χ3n) is 4.96. The second-order valence-electron chi connectivity index (χ2n) is 7.12. The molecule has 6 nitrogen and oxygen atoms in total. The molecule has 32 heavy (non-hydrogen) atoms. The van der Waals surface area contributed by atoms with Crippen LogP contribution in [0, 0.1) is 0 Å². The molecule has 4 aromatic rings. The molecule has 162 valence electrons. The number of para-hydroxylation sites is 2. The zero-order valence-electron chi connectivity index (χ0n) is 17.7. The number of aryl methyl sites for hydroxylation is 1. The Morgan fingerprint density at radius 2 is 1.72 bits per heavy atom. The van der Waals surface area contributed by atoms with E-state index >= 15 is 0 Å². The zero-order valence-corrected chi connectivity index (χ0v) is 18.5. The highest BCUT2D eigenvalue weighted by molar-refractivity contribution is 7.99. The predicted molar refractivity (Wildman–Crippen MR) is 127 cm³/mol. The van der Waals surface area contributed by atoms with Crippen LogP contribution >= 0.6 is 11.8 Å². The number of hydroxylamine groups is 1. The fourth-order valence-corrected chi connectivity index (χ4v) is 4.18. The molecular formula is C25H23N3O3S. The minimum absolute atomic E-state index is 0.0634. The third-order valence-corrected chi connectivity index (χ3v) is 5.90. The first kappa shape index (κ1) is 21.8. The molecule has 4 rings (SSSR count). The van der Waals surface area contributed by atoms with E-state index in [4.69, 9.17) is 9.82 Å². The lowest BCUT2D eigenvalue weighted by Crippen LogP contribution is -2.27. The van der Waals surface area contributed by atoms with Crippen molar-refractivity contribution in [2.45, 2.75) is 25.1 Å². The number of nitrogens with one attached hydrogen (secondary N) is 1. The Hall–Kier alpha value is -3.42. The lowest BCUT2D eigenvalue weighted by Gasteiger charge is -2.16. The molecule has 0 radical (unpaired) electrons. The van der Waals surface area contributed by atoms with Gasteiger partial charge in [0.15, 0.2) is 5.16 Å². The number of carbonyl (C=O) groups is 1. The van der Waals surface area contributed by atoms with Crippen LogP contribution in [0.25, 0.3) is 16.6 Å². The Bertz CT molecular complexity index is 1290. The van der Waals surface area contributed by atoms with Crippen molar-refractivity contribution < 1.29 is 9.63 Å². The lowest BCUT2D eigenvalue weighted by molar-refractivity contribution is -0.131. The summed E-state index contributed by atoms with van der Waals surface area (Å²) in [6.07, 6.45) is 0.771. The van der Waals surface area contributed by atoms with Gasteiger partial charge in [-0.25, -0.2) is 10.5 Å². The van der Waals surface area contributed by atoms with Crippen molar-refractivity contribution >= 4 is 28.6 Å². The second kappa shape index (κ2) is 10.3. The van der Waals surface area contributed by atoms with E-state index in [0.717, 1.165) is 23.2 Å². The number of rotatable bonds is 8. The monoisotopic (exact) mass is 445 g/mol. The molecule has 1 N–H and O–H groups in total. The van der Waals surface area contributed by atoms with Crippen molar-refractivity contribution in [1.29, 1.82) is 0 Å². The highest BCUT2D eigenvalue weighted by Crippen LogP contribution is 2.23. The van der Waals surface area contributed by atoms with E-state index in [1.54, 1.807) is 16.7 Å². The molecule has 0 unspecified atom stereocenters. The van der Waals surface area contributed by atoms with Crippen LogP contribution in [0.4, 0.5) is 0 Å². The Balaban J connectivity index is 1.57. The number of hydrogen-bond donors (Lipinski definition) is 1. The van der Waals surface area contributed by atoms with Crippen molar-refractivity contribution in [3.05, 3.63) is 100 Å². The Morgan fingerprint density at radius 3 is 2.53 bits per heavy atom. The smallest absolute Gasteiger partial charge is 0.266 e. The molecule has 3 aromatic carbocycles. The van der Waals surface area contributed by atoms with E-state index < -0.39 is 0 Å². The molecule has 1 heterocycles. The van der Waals surface area contributed by atoms with Crippen molar-refractivity contribution in [1.82, 2.24) is 15.0 Å². The van der Waals surface area contributed by atoms with Gasteiger partial charge >= 0.3 is 0 Å². The summed E-state index contributed by atoms with van der Waals surface area (Å²) in [5.41, 5.74) is 5.68. The molecule has 0 atom stereocenters. The van der Waals surface area contributed by atoms with Crippen LogP contribution in [0.3, 0.4) is 0 Å². The first-order valence-electron chi connectivity index (χ1n) is 10.3. The first-order valence-corrected chi connectivity index (χ1v) is 11.3. The van der Waals surface area contributed by atoms with Crippen molar-refractivity contribution in [2.75, 3.05) is 5.75 Å². The number of hydrogen-bond acceptors (Lipinski definition) is 5. The molecule has 0 saturated carbocycles. The molecule has 0 saturated heterocycles. The van der Waals surface area contributed by atoms with Crippen LogP contribution < -0.4 is 11.0 Å². The van der Waals surface area contributed by atoms with Crippen LogP contribution in [0.5, 0.6) is 0 Å². The van der Waals surface area contributed by atoms with E-state index in [-0.39, 0.29) is 23.8 Å². The van der Waals surface area contributed by atoms with E-state index in [2.05, 4.69) is 5.48 Å². The highest BCUT2D eigenvalue weighted by atomic mass is 32.2. The van der Waals surface area contributed by atoms with Gasteiger partial charge in [0.1, 0.15) is 0 Å². The van der Waals surface area contributed by atoms with Crippen LogP contribution in [-0.4, -0.2) is 21.2 Å². The maximum absolute atomic E-state index is 13.4. The van der Waals surface area contributed by atoms with Gasteiger partial charge in [-0.3, -0.25) is 19.0 Å². The van der Waals surface area contributed by atoms with Gasteiger partial charge in [0.05, 0.1) is 29.0 Å². The summed E-state index contributed by atoms with van der Waals surface area (Å²) in [5, 5.41) is 1.01. The number of benzene rings is 3. The summed E-state index contributed by atoms with van der Waals surface area (Å²) in [6, 6.07) is 24.6. The Morgan fingerprint density at radius 1 is 1.00 bits per heavy atom. The van der Waals surface area contributed by atoms with Crippen LogP contribution in [0.1, 0.15) is 18.1 Å². The zero-order chi connectivity index (χ0) is 22.3. The van der Waals surface area contributed by atoms with Gasteiger partial charge in [0, 0.05) is 0 Å². The fraction of sp³-hybridized carbons (Fsp3) is 0.160. The highest BCUT2D eigenvalue weighted by Gasteiger charge is 2.16. The van der Waals surface area contributed by atoms with Crippen molar-refractivity contribution in [2.24, 2.45) is 0 Å². The van der Waals surface area contributed by atoms with Gasteiger partial charge in [0.25, 0.3) is 11.5 Å². The summed E-state index contributed by atoms with van der Waals surface area (Å²) in [4.78, 5) is 35.7. The van der Waals surface area contributed by atoms with Gasteiger partial charge in [-0.1, -0.05) is 79.3 Å². The number of aromatic nitrogens is 2. The van der Waals surface area contributed by atoms with Gasteiger partial charge in [0.2, 0.25) is 0 Å². The summed E-state index contributed by atoms with van der Waals surface area (Å²) >= 11 is 1.20. The largest absolute Gasteiger partial charge is 0.272 e. The minimum atomic E-state index is -0.302. The quantitative estimate of drug-likeness (QED) is 0.249. The van der Waals surface area contributed by atoms with Crippen molar-refractivity contribution in [3.63, 3.8) is 0 Å². The fourth-order valence-electron chi connectivity index (χ4n) is 3.38. The summed E-state index contributed by atoms with van der Waals surface area (Å²) in [5.74, 6) is -0.239. The maximum atomic E-state index is 13.4. The molecule has 7 heteroatoms. The number of carbonyl (C=O) groups excluding carboxylic acids is 1. The van der Waals surface area contributed by atoms with E-state index in [0.29, 0.717) is 16.1 Å². The van der Waals surface area contributed by atoms with E-state index in [9.17, 15) is 9.59 Å². The van der Waals surface area contributed by atoms with Crippen molar-refractivity contribution in [3.8, 4) is 5.69 Å². The maximum Gasteiger partial charge on any atom is 0.266 e. The minimum Gasteiger partial charge on any atom is -0.272 e. The van der Waals surface area contributed by atoms with Gasteiger partial charge in [-0.2, -0.15) is 0 Å². The molecule has 1 aromatic heterocycles. The molecule has 0 aliphatic heterocycles. The topological polar surface area (TPSA) is 73.2 Å². The van der Waals surface area contributed by atoms with Crippen LogP contribution in [0.2, 0.25) is 0 Å². The van der Waals surface area contributed by atoms with Crippen LogP contribution in [0.15, 0.2) is 88.8 Å². The number of amides is 1. The first-order chi connectivity index (χ1) is 15.7. The number of nitrogens with zero attached hydrogens (tertiary/aromatic N) is 2. The molecule has 0 aliphatic rings. The average Bonchev–Trinajstić information content (AvgIpc) is 2.83. The second-order valence-corrected chi connectivity index (χ2v) is 8.07. The van der Waals surface area contributed by atoms with Gasteiger partial charge in [-0.05, 0) is 35.7 Å². The Labute approximate surface area is 190 Å². The standard InChI is InChI=1S/C25H23N3O3S/c1-2-19-12-6-9-15-22(19)28-24(30)20-13-7-8-14-21(20)26-25(28)32-17-23(29)27-31-16-18-10-4-3-5-11-18/h3-15H,2,16-17H2,1H3,(H,27,29). The van der Waals surface area contributed by atoms with Gasteiger partial charge in [-0.15, -0.1) is 0 Å². The lowest BCUT2D eigenvalue weighted by atomic mass is 10.1. The average molecular weight is 446 g/mol. The molecule has 1 amide bonds. The molecule has 0 bridgehead atoms. The summed E-state index contributed by atoms with van der Waals surface area (Å²) in [7, 11) is 0. The summed E-state index contributed by atoms with van der Waals surface area (Å²) in [6.45, 7) is 2.32. The normalized spacial score (nSPS) is 10.9.